The Labute approximate surface area is 108 Å². The molecular formula is C17H18N+. The Hall–Kier alpha value is -1.86. The third-order valence-corrected chi connectivity index (χ3v) is 3.89. The van der Waals surface area contributed by atoms with Crippen molar-refractivity contribution >= 4 is 5.70 Å². The van der Waals surface area contributed by atoms with Gasteiger partial charge >= 0.3 is 0 Å². The zero-order valence-corrected chi connectivity index (χ0v) is 10.7. The highest BCUT2D eigenvalue weighted by molar-refractivity contribution is 5.67. The first-order valence-electron chi connectivity index (χ1n) is 6.43. The van der Waals surface area contributed by atoms with E-state index < -0.39 is 0 Å². The van der Waals surface area contributed by atoms with Gasteiger partial charge in [0.1, 0.15) is 5.70 Å². The first-order chi connectivity index (χ1) is 8.77. The molecule has 2 aromatic carbocycles. The van der Waals surface area contributed by atoms with Crippen molar-refractivity contribution in [3.05, 3.63) is 76.9 Å². The molecule has 0 amide bonds. The lowest BCUT2D eigenvalue weighted by molar-refractivity contribution is -0.245. The fraction of sp³-hybridized carbons (Fsp3) is 0.176. The molecule has 0 aliphatic heterocycles. The minimum absolute atomic E-state index is 0.480. The van der Waals surface area contributed by atoms with E-state index in [0.29, 0.717) is 5.92 Å². The number of quaternary nitrogens is 1. The summed E-state index contributed by atoms with van der Waals surface area (Å²) in [5.74, 6) is 0.480. The summed E-state index contributed by atoms with van der Waals surface area (Å²) in [7, 11) is 0. The van der Waals surface area contributed by atoms with Gasteiger partial charge in [-0.25, -0.2) is 0 Å². The van der Waals surface area contributed by atoms with Gasteiger partial charge in [0.15, 0.2) is 0 Å². The van der Waals surface area contributed by atoms with Crippen molar-refractivity contribution in [3.63, 3.8) is 0 Å². The summed E-state index contributed by atoms with van der Waals surface area (Å²) in [6.45, 7) is 2.20. The maximum absolute atomic E-state index is 4.23. The summed E-state index contributed by atoms with van der Waals surface area (Å²) >= 11 is 0. The highest BCUT2D eigenvalue weighted by Gasteiger charge is 2.26. The number of hydrogen-bond donors (Lipinski definition) is 1. The first kappa shape index (κ1) is 11.2. The molecule has 1 aliphatic rings. The molecule has 90 valence electrons. The molecule has 1 atom stereocenters. The second kappa shape index (κ2) is 4.43. The molecule has 0 saturated heterocycles. The predicted molar refractivity (Wildman–Crippen MR) is 74.8 cm³/mol. The molecule has 1 unspecified atom stereocenters. The van der Waals surface area contributed by atoms with Crippen molar-refractivity contribution in [3.8, 4) is 0 Å². The number of rotatable bonds is 1. The summed E-state index contributed by atoms with van der Waals surface area (Å²) in [4.78, 5) is 0. The summed E-state index contributed by atoms with van der Waals surface area (Å²) in [5, 5.41) is 0. The average Bonchev–Trinajstić information content (AvgIpc) is 2.44. The quantitative estimate of drug-likeness (QED) is 0.787. The fourth-order valence-electron chi connectivity index (χ4n) is 2.83. The molecule has 1 heteroatoms. The molecule has 0 saturated carbocycles. The van der Waals surface area contributed by atoms with E-state index in [4.69, 9.17) is 0 Å². The van der Waals surface area contributed by atoms with Crippen LogP contribution in [-0.4, -0.2) is 0 Å². The van der Waals surface area contributed by atoms with Crippen molar-refractivity contribution in [1.29, 1.82) is 0 Å². The second-order valence-corrected chi connectivity index (χ2v) is 5.01. The normalized spacial score (nSPS) is 18.7. The van der Waals surface area contributed by atoms with E-state index in [1.807, 2.05) is 0 Å². The van der Waals surface area contributed by atoms with Gasteiger partial charge in [0.2, 0.25) is 0 Å². The molecule has 1 aliphatic carbocycles. The molecule has 0 radical (unpaired) electrons. The van der Waals surface area contributed by atoms with Crippen molar-refractivity contribution < 1.29 is 5.73 Å². The largest absolute Gasteiger partial charge is 0.325 e. The summed E-state index contributed by atoms with van der Waals surface area (Å²) in [5.41, 5.74) is 11.0. The van der Waals surface area contributed by atoms with Gasteiger partial charge in [-0.05, 0) is 36.1 Å². The van der Waals surface area contributed by atoms with Crippen LogP contribution >= 0.6 is 0 Å². The van der Waals surface area contributed by atoms with Gasteiger partial charge in [-0.3, -0.25) is 0 Å². The number of benzene rings is 2. The van der Waals surface area contributed by atoms with E-state index in [9.17, 15) is 0 Å². The van der Waals surface area contributed by atoms with Crippen LogP contribution in [0, 0.1) is 0 Å². The zero-order valence-electron chi connectivity index (χ0n) is 10.7. The monoisotopic (exact) mass is 236 g/mol. The van der Waals surface area contributed by atoms with Crippen molar-refractivity contribution in [2.24, 2.45) is 0 Å². The third-order valence-electron chi connectivity index (χ3n) is 3.89. The van der Waals surface area contributed by atoms with Crippen molar-refractivity contribution in [2.75, 3.05) is 0 Å². The Kier molecular flexibility index (Phi) is 2.77. The first-order valence-corrected chi connectivity index (χ1v) is 6.43. The van der Waals surface area contributed by atoms with E-state index in [-0.39, 0.29) is 0 Å². The van der Waals surface area contributed by atoms with Gasteiger partial charge in [-0.1, -0.05) is 48.5 Å². The minimum atomic E-state index is 0.480. The van der Waals surface area contributed by atoms with Crippen molar-refractivity contribution in [2.45, 2.75) is 19.3 Å². The summed E-state index contributed by atoms with van der Waals surface area (Å²) in [6.07, 6.45) is 1.08. The van der Waals surface area contributed by atoms with Crippen LogP contribution in [-0.2, 0) is 0 Å². The van der Waals surface area contributed by atoms with E-state index in [1.54, 1.807) is 0 Å². The maximum atomic E-state index is 4.23. The molecule has 1 nitrogen and oxygen atoms in total. The molecule has 3 rings (SSSR count). The van der Waals surface area contributed by atoms with Crippen LogP contribution < -0.4 is 5.73 Å². The van der Waals surface area contributed by atoms with Gasteiger partial charge in [-0.2, -0.15) is 0 Å². The molecule has 0 spiro atoms. The van der Waals surface area contributed by atoms with Gasteiger partial charge in [0, 0.05) is 11.5 Å². The molecule has 18 heavy (non-hydrogen) atoms. The van der Waals surface area contributed by atoms with Gasteiger partial charge < -0.3 is 5.73 Å². The number of fused-ring (bicyclic) bond motifs is 1. The topological polar surface area (TPSA) is 27.6 Å². The molecule has 3 N–H and O–H groups in total. The van der Waals surface area contributed by atoms with Gasteiger partial charge in [0.05, 0.1) is 0 Å². The van der Waals surface area contributed by atoms with E-state index in [0.717, 1.165) is 6.42 Å². The Morgan fingerprint density at radius 1 is 0.944 bits per heavy atom. The van der Waals surface area contributed by atoms with Gasteiger partial charge in [-0.15, -0.1) is 0 Å². The molecule has 0 aromatic heterocycles. The Morgan fingerprint density at radius 2 is 1.61 bits per heavy atom. The smallest absolute Gasteiger partial charge is 0.134 e. The minimum Gasteiger partial charge on any atom is -0.325 e. The zero-order chi connectivity index (χ0) is 12.5. The van der Waals surface area contributed by atoms with Crippen LogP contribution in [0.5, 0.6) is 0 Å². The molecular weight excluding hydrogens is 218 g/mol. The maximum Gasteiger partial charge on any atom is 0.134 e. The SMILES string of the molecule is CC1=C([NH3+])c2ccccc2C(c2ccccc2)C1. The summed E-state index contributed by atoms with van der Waals surface area (Å²) < 4.78 is 0. The standard InChI is InChI=1S/C17H17N/c1-12-11-16(13-7-3-2-4-8-13)14-9-5-6-10-15(14)17(12)18/h2-10,16H,11,18H2,1H3/p+1. The third kappa shape index (κ3) is 1.77. The highest BCUT2D eigenvalue weighted by Crippen LogP contribution is 2.39. The predicted octanol–water partition coefficient (Wildman–Crippen LogP) is 3.20. The molecule has 0 heterocycles. The fourth-order valence-corrected chi connectivity index (χ4v) is 2.83. The van der Waals surface area contributed by atoms with Crippen LogP contribution in [0.3, 0.4) is 0 Å². The lowest BCUT2D eigenvalue weighted by atomic mass is 9.78. The lowest BCUT2D eigenvalue weighted by Crippen LogP contribution is -2.48. The van der Waals surface area contributed by atoms with Crippen LogP contribution in [0.1, 0.15) is 36.0 Å². The number of hydrogen-bond acceptors (Lipinski definition) is 0. The van der Waals surface area contributed by atoms with E-state index in [1.165, 1.54) is 28.0 Å². The van der Waals surface area contributed by atoms with Crippen LogP contribution in [0.25, 0.3) is 5.70 Å². The Morgan fingerprint density at radius 3 is 2.39 bits per heavy atom. The van der Waals surface area contributed by atoms with E-state index in [2.05, 4.69) is 67.3 Å². The highest BCUT2D eigenvalue weighted by atomic mass is 14.6. The Balaban J connectivity index is 2.15. The van der Waals surface area contributed by atoms with Crippen LogP contribution in [0.15, 0.2) is 60.2 Å². The van der Waals surface area contributed by atoms with Crippen molar-refractivity contribution in [1.82, 2.24) is 0 Å². The summed E-state index contributed by atoms with van der Waals surface area (Å²) in [6, 6.07) is 19.4. The number of allylic oxidation sites excluding steroid dienone is 1. The molecule has 0 fully saturated rings. The van der Waals surface area contributed by atoms with Gasteiger partial charge in [0.25, 0.3) is 0 Å². The van der Waals surface area contributed by atoms with Crippen LogP contribution in [0.2, 0.25) is 0 Å². The molecule has 0 bridgehead atoms. The Bertz CT molecular complexity index is 596. The lowest BCUT2D eigenvalue weighted by Gasteiger charge is -2.25. The van der Waals surface area contributed by atoms with E-state index >= 15 is 0 Å². The second-order valence-electron chi connectivity index (χ2n) is 5.01. The average molecular weight is 236 g/mol. The molecule has 2 aromatic rings. The van der Waals surface area contributed by atoms with Crippen LogP contribution in [0.4, 0.5) is 0 Å².